The SMILES string of the molecule is CCCCCCCCN=C(C(=O)c1ccccc1)C(F)(F)F. The van der Waals surface area contributed by atoms with Crippen molar-refractivity contribution in [3.05, 3.63) is 35.9 Å². The van der Waals surface area contributed by atoms with Crippen LogP contribution in [0.4, 0.5) is 13.2 Å². The first-order valence-electron chi connectivity index (χ1n) is 7.68. The third-order valence-electron chi connectivity index (χ3n) is 3.30. The van der Waals surface area contributed by atoms with Crippen LogP contribution in [0.1, 0.15) is 55.8 Å². The molecule has 0 fully saturated rings. The van der Waals surface area contributed by atoms with Crippen molar-refractivity contribution < 1.29 is 18.0 Å². The monoisotopic (exact) mass is 313 g/mol. The lowest BCUT2D eigenvalue weighted by atomic mass is 10.1. The van der Waals surface area contributed by atoms with Gasteiger partial charge in [-0.15, -0.1) is 0 Å². The van der Waals surface area contributed by atoms with Crippen LogP contribution in [0.2, 0.25) is 0 Å². The number of alkyl halides is 3. The maximum absolute atomic E-state index is 13.0. The van der Waals surface area contributed by atoms with Crippen molar-refractivity contribution in [1.82, 2.24) is 0 Å². The van der Waals surface area contributed by atoms with Gasteiger partial charge in [0, 0.05) is 12.1 Å². The smallest absolute Gasteiger partial charge is 0.287 e. The van der Waals surface area contributed by atoms with E-state index in [1.807, 2.05) is 0 Å². The number of benzene rings is 1. The Morgan fingerprint density at radius 3 is 2.18 bits per heavy atom. The molecule has 0 aliphatic carbocycles. The van der Waals surface area contributed by atoms with Gasteiger partial charge in [0.25, 0.3) is 0 Å². The summed E-state index contributed by atoms with van der Waals surface area (Å²) in [6, 6.07) is 7.46. The second kappa shape index (κ2) is 9.38. The van der Waals surface area contributed by atoms with Crippen LogP contribution in [0.3, 0.4) is 0 Å². The number of nitrogens with zero attached hydrogens (tertiary/aromatic N) is 1. The third kappa shape index (κ3) is 6.41. The van der Waals surface area contributed by atoms with E-state index in [1.165, 1.54) is 24.3 Å². The summed E-state index contributed by atoms with van der Waals surface area (Å²) in [5, 5.41) is 0. The number of halogens is 3. The molecule has 0 N–H and O–H groups in total. The van der Waals surface area contributed by atoms with E-state index in [4.69, 9.17) is 0 Å². The van der Waals surface area contributed by atoms with Crippen LogP contribution in [-0.2, 0) is 0 Å². The summed E-state index contributed by atoms with van der Waals surface area (Å²) in [6.45, 7) is 2.15. The number of aliphatic imine (C=N–C) groups is 1. The van der Waals surface area contributed by atoms with E-state index in [0.717, 1.165) is 32.1 Å². The normalized spacial score (nSPS) is 12.5. The molecule has 1 rings (SSSR count). The van der Waals surface area contributed by atoms with Crippen molar-refractivity contribution in [2.75, 3.05) is 6.54 Å². The molecule has 1 aromatic carbocycles. The average Bonchev–Trinajstić information content (AvgIpc) is 2.49. The number of hydrogen-bond donors (Lipinski definition) is 0. The molecule has 0 aliphatic rings. The minimum Gasteiger partial charge on any atom is -0.287 e. The first-order chi connectivity index (χ1) is 10.5. The van der Waals surface area contributed by atoms with Gasteiger partial charge in [-0.1, -0.05) is 69.4 Å². The number of Topliss-reactive ketones (excluding diaryl/α,β-unsaturated/α-hetero) is 1. The second-order valence-corrected chi connectivity index (χ2v) is 5.19. The molecule has 0 amide bonds. The zero-order chi connectivity index (χ0) is 16.4. The number of carbonyl (C=O) groups is 1. The van der Waals surface area contributed by atoms with Gasteiger partial charge in [0.1, 0.15) is 0 Å². The van der Waals surface area contributed by atoms with Gasteiger partial charge in [-0.3, -0.25) is 9.79 Å². The lowest BCUT2D eigenvalue weighted by Crippen LogP contribution is -2.31. The van der Waals surface area contributed by atoms with Crippen LogP contribution >= 0.6 is 0 Å². The fraction of sp³-hybridized carbons (Fsp3) is 0.529. The molecular formula is C17H22F3NO. The molecule has 0 heterocycles. The van der Waals surface area contributed by atoms with Crippen molar-refractivity contribution in [2.45, 2.75) is 51.6 Å². The van der Waals surface area contributed by atoms with Crippen LogP contribution in [-0.4, -0.2) is 24.2 Å². The van der Waals surface area contributed by atoms with Crippen molar-refractivity contribution in [2.24, 2.45) is 4.99 Å². The molecule has 5 heteroatoms. The lowest BCUT2D eigenvalue weighted by molar-refractivity contribution is -0.0583. The van der Waals surface area contributed by atoms with E-state index in [0.29, 0.717) is 6.42 Å². The molecule has 0 aliphatic heterocycles. The number of ketones is 1. The Morgan fingerprint density at radius 2 is 1.59 bits per heavy atom. The number of hydrogen-bond acceptors (Lipinski definition) is 2. The maximum atomic E-state index is 13.0. The summed E-state index contributed by atoms with van der Waals surface area (Å²) in [4.78, 5) is 15.5. The molecule has 0 atom stereocenters. The average molecular weight is 313 g/mol. The number of rotatable bonds is 9. The predicted molar refractivity (Wildman–Crippen MR) is 82.5 cm³/mol. The molecule has 0 unspecified atom stereocenters. The topological polar surface area (TPSA) is 29.4 Å². The minimum atomic E-state index is -4.71. The summed E-state index contributed by atoms with van der Waals surface area (Å²) in [7, 11) is 0. The fourth-order valence-corrected chi connectivity index (χ4v) is 2.10. The van der Waals surface area contributed by atoms with Crippen molar-refractivity contribution in [1.29, 1.82) is 0 Å². The van der Waals surface area contributed by atoms with E-state index in [2.05, 4.69) is 11.9 Å². The Morgan fingerprint density at radius 1 is 1.00 bits per heavy atom. The van der Waals surface area contributed by atoms with Crippen molar-refractivity contribution in [3.63, 3.8) is 0 Å². The summed E-state index contributed by atoms with van der Waals surface area (Å²) in [6.07, 6.45) is 1.06. The van der Waals surface area contributed by atoms with E-state index >= 15 is 0 Å². The highest BCUT2D eigenvalue weighted by atomic mass is 19.4. The molecule has 122 valence electrons. The molecule has 0 bridgehead atoms. The summed E-state index contributed by atoms with van der Waals surface area (Å²) in [5.74, 6) is -1.06. The first kappa shape index (κ1) is 18.4. The van der Waals surface area contributed by atoms with Crippen LogP contribution in [0.25, 0.3) is 0 Å². The second-order valence-electron chi connectivity index (χ2n) is 5.19. The summed E-state index contributed by atoms with van der Waals surface area (Å²) >= 11 is 0. The Kier molecular flexibility index (Phi) is 7.85. The molecule has 1 aromatic rings. The first-order valence-corrected chi connectivity index (χ1v) is 7.68. The van der Waals surface area contributed by atoms with Crippen molar-refractivity contribution >= 4 is 11.5 Å². The Balaban J connectivity index is 2.62. The summed E-state index contributed by atoms with van der Waals surface area (Å²) < 4.78 is 38.9. The van der Waals surface area contributed by atoms with Gasteiger partial charge >= 0.3 is 6.18 Å². The Labute approximate surface area is 129 Å². The highest BCUT2D eigenvalue weighted by Crippen LogP contribution is 2.21. The fourth-order valence-electron chi connectivity index (χ4n) is 2.10. The molecule has 2 nitrogen and oxygen atoms in total. The molecule has 0 saturated heterocycles. The van der Waals surface area contributed by atoms with Gasteiger partial charge < -0.3 is 0 Å². The van der Waals surface area contributed by atoms with E-state index < -0.39 is 17.7 Å². The highest BCUT2D eigenvalue weighted by Gasteiger charge is 2.40. The van der Waals surface area contributed by atoms with Crippen LogP contribution < -0.4 is 0 Å². The number of unbranched alkanes of at least 4 members (excludes halogenated alkanes) is 5. The van der Waals surface area contributed by atoms with Gasteiger partial charge in [-0.25, -0.2) is 0 Å². The molecular weight excluding hydrogens is 291 g/mol. The lowest BCUT2D eigenvalue weighted by Gasteiger charge is -2.10. The van der Waals surface area contributed by atoms with E-state index in [1.54, 1.807) is 6.07 Å². The van der Waals surface area contributed by atoms with Gasteiger partial charge in [0.15, 0.2) is 5.71 Å². The minimum absolute atomic E-state index is 0.0153. The van der Waals surface area contributed by atoms with Crippen LogP contribution in [0.15, 0.2) is 35.3 Å². The molecule has 22 heavy (non-hydrogen) atoms. The van der Waals surface area contributed by atoms with Gasteiger partial charge in [0.05, 0.1) is 0 Å². The zero-order valence-electron chi connectivity index (χ0n) is 12.8. The van der Waals surface area contributed by atoms with Crippen LogP contribution in [0, 0.1) is 0 Å². The third-order valence-corrected chi connectivity index (χ3v) is 3.30. The van der Waals surface area contributed by atoms with Gasteiger partial charge in [-0.05, 0) is 6.42 Å². The molecule has 0 saturated carbocycles. The molecule has 0 aromatic heterocycles. The number of carbonyl (C=O) groups excluding carboxylic acids is 1. The van der Waals surface area contributed by atoms with E-state index in [-0.39, 0.29) is 12.1 Å². The Hall–Kier alpha value is -1.65. The highest BCUT2D eigenvalue weighted by molar-refractivity contribution is 6.47. The molecule has 0 radical (unpaired) electrons. The zero-order valence-corrected chi connectivity index (χ0v) is 12.8. The Bertz CT molecular complexity index is 480. The van der Waals surface area contributed by atoms with Gasteiger partial charge in [-0.2, -0.15) is 13.2 Å². The van der Waals surface area contributed by atoms with E-state index in [9.17, 15) is 18.0 Å². The van der Waals surface area contributed by atoms with Gasteiger partial charge in [0.2, 0.25) is 5.78 Å². The predicted octanol–water partition coefficient (Wildman–Crippen LogP) is 5.23. The largest absolute Gasteiger partial charge is 0.436 e. The standard InChI is InChI=1S/C17H22F3NO/c1-2-3-4-5-6-10-13-21-16(17(18,19)20)15(22)14-11-8-7-9-12-14/h7-9,11-12H,2-6,10,13H2,1H3. The maximum Gasteiger partial charge on any atom is 0.436 e. The molecule has 0 spiro atoms. The quantitative estimate of drug-likeness (QED) is 0.348. The van der Waals surface area contributed by atoms with Crippen LogP contribution in [0.5, 0.6) is 0 Å². The summed E-state index contributed by atoms with van der Waals surface area (Å²) in [5.41, 5.74) is -1.28. The van der Waals surface area contributed by atoms with Crippen molar-refractivity contribution in [3.8, 4) is 0 Å².